The SMILES string of the molecule is CC=NC(=NC1CCC(NC(=O)OC(C)(C)C)CC1)N[C@@H](C)/C(C)=C(/N)OC. The number of nitrogens with two attached hydrogens (primary N) is 1. The molecule has 8 heteroatoms. The number of ether oxygens (including phenoxy) is 2. The maximum Gasteiger partial charge on any atom is 0.407 e. The molecule has 0 aliphatic heterocycles. The van der Waals surface area contributed by atoms with Crippen molar-refractivity contribution < 1.29 is 14.3 Å². The van der Waals surface area contributed by atoms with Gasteiger partial charge in [-0.15, -0.1) is 0 Å². The number of hydrogen-bond acceptors (Lipinski definition) is 5. The second-order valence-corrected chi connectivity index (χ2v) is 8.11. The van der Waals surface area contributed by atoms with Crippen LogP contribution in [0.4, 0.5) is 4.79 Å². The van der Waals surface area contributed by atoms with Crippen molar-refractivity contribution in [3.63, 3.8) is 0 Å². The molecule has 0 unspecified atom stereocenters. The summed E-state index contributed by atoms with van der Waals surface area (Å²) in [4.78, 5) is 21.0. The van der Waals surface area contributed by atoms with Crippen molar-refractivity contribution in [1.29, 1.82) is 0 Å². The Bertz CT molecular complexity index is 599. The molecular formula is C20H37N5O3. The Kier molecular flexibility index (Phi) is 9.28. The summed E-state index contributed by atoms with van der Waals surface area (Å²) in [5.41, 5.74) is 6.25. The summed E-state index contributed by atoms with van der Waals surface area (Å²) in [6.07, 6.45) is 4.85. The second-order valence-electron chi connectivity index (χ2n) is 8.11. The summed E-state index contributed by atoms with van der Waals surface area (Å²) in [6.45, 7) is 11.3. The van der Waals surface area contributed by atoms with Gasteiger partial charge in [0, 0.05) is 17.8 Å². The highest BCUT2D eigenvalue weighted by Crippen LogP contribution is 2.22. The number of nitrogens with one attached hydrogen (secondary N) is 2. The average molecular weight is 396 g/mol. The van der Waals surface area contributed by atoms with Gasteiger partial charge in [0.05, 0.1) is 19.2 Å². The van der Waals surface area contributed by atoms with E-state index in [-0.39, 0.29) is 24.2 Å². The molecule has 160 valence electrons. The molecule has 1 fully saturated rings. The van der Waals surface area contributed by atoms with Gasteiger partial charge in [-0.05, 0) is 67.2 Å². The van der Waals surface area contributed by atoms with Crippen molar-refractivity contribution in [2.45, 2.75) is 91.0 Å². The standard InChI is InChI=1S/C20H37N5O3/c1-8-22-18(23-14(3)13(2)17(21)27-7)24-15-9-11-16(12-10-15)25-19(26)28-20(4,5)6/h8,14-16H,9-12,21H2,1-7H3,(H,23,24)(H,25,26)/b17-13-,22-8?/t14-,15?,16?/m0/s1. The van der Waals surface area contributed by atoms with Crippen molar-refractivity contribution in [3.8, 4) is 0 Å². The summed E-state index contributed by atoms with van der Waals surface area (Å²) in [5, 5.41) is 6.25. The Labute approximate surface area is 169 Å². The molecule has 28 heavy (non-hydrogen) atoms. The molecule has 0 heterocycles. The first-order chi connectivity index (χ1) is 13.1. The van der Waals surface area contributed by atoms with Crippen molar-refractivity contribution in [2.75, 3.05) is 7.11 Å². The van der Waals surface area contributed by atoms with Crippen molar-refractivity contribution >= 4 is 18.3 Å². The fourth-order valence-corrected chi connectivity index (χ4v) is 2.90. The number of rotatable bonds is 5. The molecule has 1 amide bonds. The zero-order valence-corrected chi connectivity index (χ0v) is 18.3. The number of guanidine groups is 1. The third-order valence-electron chi connectivity index (χ3n) is 4.58. The Balaban J connectivity index is 2.63. The molecule has 1 atom stereocenters. The zero-order valence-electron chi connectivity index (χ0n) is 18.3. The minimum Gasteiger partial charge on any atom is -0.483 e. The van der Waals surface area contributed by atoms with Crippen LogP contribution in [0.15, 0.2) is 21.4 Å². The fourth-order valence-electron chi connectivity index (χ4n) is 2.90. The minimum absolute atomic E-state index is 0.0485. The zero-order chi connectivity index (χ0) is 21.3. The van der Waals surface area contributed by atoms with Crippen LogP contribution in [0.1, 0.15) is 67.2 Å². The quantitative estimate of drug-likeness (QED) is 0.376. The van der Waals surface area contributed by atoms with E-state index in [2.05, 4.69) is 15.6 Å². The average Bonchev–Trinajstić information content (AvgIpc) is 2.60. The highest BCUT2D eigenvalue weighted by Gasteiger charge is 2.25. The van der Waals surface area contributed by atoms with Gasteiger partial charge in [-0.3, -0.25) is 0 Å². The summed E-state index contributed by atoms with van der Waals surface area (Å²) in [7, 11) is 1.55. The predicted molar refractivity (Wildman–Crippen MR) is 114 cm³/mol. The van der Waals surface area contributed by atoms with Gasteiger partial charge in [0.25, 0.3) is 0 Å². The number of alkyl carbamates (subject to hydrolysis) is 1. The van der Waals surface area contributed by atoms with Crippen LogP contribution >= 0.6 is 0 Å². The van der Waals surface area contributed by atoms with Crippen LogP contribution in [0.5, 0.6) is 0 Å². The van der Waals surface area contributed by atoms with E-state index in [1.807, 2.05) is 41.5 Å². The highest BCUT2D eigenvalue weighted by atomic mass is 16.6. The van der Waals surface area contributed by atoms with Crippen LogP contribution < -0.4 is 16.4 Å². The second kappa shape index (κ2) is 10.9. The molecule has 1 saturated carbocycles. The van der Waals surface area contributed by atoms with Crippen LogP contribution in [0.3, 0.4) is 0 Å². The van der Waals surface area contributed by atoms with E-state index >= 15 is 0 Å². The molecule has 0 aromatic heterocycles. The lowest BCUT2D eigenvalue weighted by atomic mass is 9.91. The third-order valence-corrected chi connectivity index (χ3v) is 4.58. The van der Waals surface area contributed by atoms with Crippen LogP contribution in [-0.2, 0) is 9.47 Å². The van der Waals surface area contributed by atoms with Gasteiger partial charge >= 0.3 is 6.09 Å². The first kappa shape index (κ1) is 23.8. The number of carbonyl (C=O) groups excluding carboxylic acids is 1. The van der Waals surface area contributed by atoms with Crippen LogP contribution in [0.25, 0.3) is 0 Å². The first-order valence-electron chi connectivity index (χ1n) is 9.88. The van der Waals surface area contributed by atoms with Gasteiger partial charge in [-0.2, -0.15) is 0 Å². The number of amides is 1. The number of hydrogen-bond donors (Lipinski definition) is 3. The normalized spacial score (nSPS) is 23.0. The Morgan fingerprint density at radius 1 is 1.25 bits per heavy atom. The molecule has 1 rings (SSSR count). The van der Waals surface area contributed by atoms with Gasteiger partial charge in [-0.1, -0.05) is 0 Å². The molecule has 0 radical (unpaired) electrons. The van der Waals surface area contributed by atoms with E-state index in [1.165, 1.54) is 0 Å². The van der Waals surface area contributed by atoms with Gasteiger partial charge in [0.15, 0.2) is 5.88 Å². The molecule has 0 bridgehead atoms. The van der Waals surface area contributed by atoms with Gasteiger partial charge in [0.1, 0.15) is 5.60 Å². The fraction of sp³-hybridized carbons (Fsp3) is 0.750. The van der Waals surface area contributed by atoms with Crippen molar-refractivity contribution in [3.05, 3.63) is 11.5 Å². The minimum atomic E-state index is -0.486. The number of methoxy groups -OCH3 is 1. The predicted octanol–water partition coefficient (Wildman–Crippen LogP) is 3.08. The molecule has 1 aliphatic rings. The van der Waals surface area contributed by atoms with Crippen LogP contribution in [-0.4, -0.2) is 49.1 Å². The summed E-state index contributed by atoms with van der Waals surface area (Å²) in [6, 6.07) is 0.240. The Morgan fingerprint density at radius 2 is 1.86 bits per heavy atom. The lowest BCUT2D eigenvalue weighted by Gasteiger charge is -2.29. The Hall–Kier alpha value is -2.25. The van der Waals surface area contributed by atoms with Gasteiger partial charge in [-0.25, -0.2) is 14.8 Å². The van der Waals surface area contributed by atoms with Gasteiger partial charge < -0.3 is 25.8 Å². The summed E-state index contributed by atoms with van der Waals surface area (Å²) in [5.74, 6) is 0.982. The highest BCUT2D eigenvalue weighted by molar-refractivity contribution is 5.87. The van der Waals surface area contributed by atoms with E-state index in [0.717, 1.165) is 31.3 Å². The molecule has 8 nitrogen and oxygen atoms in total. The maximum absolute atomic E-state index is 11.9. The Morgan fingerprint density at radius 3 is 2.36 bits per heavy atom. The van der Waals surface area contributed by atoms with E-state index in [9.17, 15) is 4.79 Å². The summed E-state index contributed by atoms with van der Waals surface area (Å²) < 4.78 is 10.4. The van der Waals surface area contributed by atoms with E-state index < -0.39 is 5.60 Å². The first-order valence-corrected chi connectivity index (χ1v) is 9.88. The molecular weight excluding hydrogens is 358 g/mol. The molecule has 0 saturated heterocycles. The number of aliphatic imine (C=N–C) groups is 2. The largest absolute Gasteiger partial charge is 0.483 e. The maximum atomic E-state index is 11.9. The smallest absolute Gasteiger partial charge is 0.407 e. The van der Waals surface area contributed by atoms with E-state index in [0.29, 0.717) is 11.8 Å². The lowest BCUT2D eigenvalue weighted by Crippen LogP contribution is -2.41. The monoisotopic (exact) mass is 395 g/mol. The van der Waals surface area contributed by atoms with Crippen LogP contribution in [0.2, 0.25) is 0 Å². The number of carbonyl (C=O) groups is 1. The summed E-state index contributed by atoms with van der Waals surface area (Å²) >= 11 is 0. The third kappa shape index (κ3) is 8.63. The molecule has 0 spiro atoms. The topological polar surface area (TPSA) is 110 Å². The van der Waals surface area contributed by atoms with Gasteiger partial charge in [0.2, 0.25) is 5.96 Å². The molecule has 0 aromatic rings. The molecule has 0 aromatic carbocycles. The van der Waals surface area contributed by atoms with Crippen molar-refractivity contribution in [1.82, 2.24) is 10.6 Å². The van der Waals surface area contributed by atoms with Crippen LogP contribution in [0, 0.1) is 0 Å². The molecule has 4 N–H and O–H groups in total. The molecule has 1 aliphatic carbocycles. The lowest BCUT2D eigenvalue weighted by molar-refractivity contribution is 0.0491. The van der Waals surface area contributed by atoms with Crippen molar-refractivity contribution in [2.24, 2.45) is 15.7 Å². The number of nitrogens with zero attached hydrogens (tertiary/aromatic N) is 2. The van der Waals surface area contributed by atoms with E-state index in [4.69, 9.17) is 20.2 Å². The van der Waals surface area contributed by atoms with E-state index in [1.54, 1.807) is 13.3 Å².